The highest BCUT2D eigenvalue weighted by Gasteiger charge is 2.27. The van der Waals surface area contributed by atoms with Crippen molar-refractivity contribution in [3.05, 3.63) is 0 Å². The van der Waals surface area contributed by atoms with Crippen molar-refractivity contribution in [2.45, 2.75) is 32.4 Å². The Hall–Kier alpha value is -0.780. The normalized spacial score (nSPS) is 18.5. The van der Waals surface area contributed by atoms with Crippen LogP contribution in [0.1, 0.15) is 26.2 Å². The van der Waals surface area contributed by atoms with Crippen molar-refractivity contribution in [1.82, 2.24) is 10.2 Å². The van der Waals surface area contributed by atoms with Gasteiger partial charge in [0.2, 0.25) is 5.91 Å². The van der Waals surface area contributed by atoms with Gasteiger partial charge in [-0.15, -0.1) is 0 Å². The molecule has 100 valence electrons. The predicted octanol–water partition coefficient (Wildman–Crippen LogP) is 1.79. The molecule has 1 amide bonds. The minimum absolute atomic E-state index is 0.226. The molecule has 0 saturated carbocycles. The zero-order chi connectivity index (χ0) is 12.9. The maximum absolute atomic E-state index is 11.9. The topological polar surface area (TPSA) is 32.3 Å². The number of alkyl halides is 3. The molecule has 6 heteroatoms. The molecular formula is C11H19F3N2O. The van der Waals surface area contributed by atoms with Gasteiger partial charge in [-0.3, -0.25) is 4.79 Å². The Morgan fingerprint density at radius 1 is 1.35 bits per heavy atom. The summed E-state index contributed by atoms with van der Waals surface area (Å²) in [5.74, 6) is 0.422. The lowest BCUT2D eigenvalue weighted by Gasteiger charge is -2.31. The number of rotatable bonds is 4. The zero-order valence-corrected chi connectivity index (χ0v) is 10.0. The SMILES string of the molecule is CCC1CCN(C(=O)CNCC(F)(F)F)CC1. The van der Waals surface area contributed by atoms with Gasteiger partial charge in [-0.05, 0) is 18.8 Å². The highest BCUT2D eigenvalue weighted by molar-refractivity contribution is 5.78. The van der Waals surface area contributed by atoms with Crippen LogP contribution in [0.3, 0.4) is 0 Å². The molecule has 1 rings (SSSR count). The van der Waals surface area contributed by atoms with E-state index in [4.69, 9.17) is 0 Å². The minimum atomic E-state index is -4.25. The molecule has 0 bridgehead atoms. The summed E-state index contributed by atoms with van der Waals surface area (Å²) in [6.45, 7) is 2.13. The van der Waals surface area contributed by atoms with Crippen molar-refractivity contribution in [2.75, 3.05) is 26.2 Å². The average Bonchev–Trinajstić information content (AvgIpc) is 2.27. The van der Waals surface area contributed by atoms with Gasteiger partial charge in [-0.25, -0.2) is 0 Å². The number of halogens is 3. The first kappa shape index (κ1) is 14.3. The molecule has 0 aromatic carbocycles. The van der Waals surface area contributed by atoms with Crippen LogP contribution in [0, 0.1) is 5.92 Å². The lowest BCUT2D eigenvalue weighted by molar-refractivity contribution is -0.135. The number of carbonyl (C=O) groups is 1. The van der Waals surface area contributed by atoms with Crippen molar-refractivity contribution in [2.24, 2.45) is 5.92 Å². The Labute approximate surface area is 99.4 Å². The Morgan fingerprint density at radius 2 is 1.94 bits per heavy atom. The van der Waals surface area contributed by atoms with Crippen LogP contribution in [-0.4, -0.2) is 43.2 Å². The summed E-state index contributed by atoms with van der Waals surface area (Å²) in [5, 5.41) is 2.13. The first-order valence-electron chi connectivity index (χ1n) is 5.97. The van der Waals surface area contributed by atoms with Gasteiger partial charge in [0, 0.05) is 13.1 Å². The number of carbonyl (C=O) groups excluding carboxylic acids is 1. The van der Waals surface area contributed by atoms with Crippen molar-refractivity contribution in [3.8, 4) is 0 Å². The summed E-state index contributed by atoms with van der Waals surface area (Å²) in [6, 6.07) is 0. The van der Waals surface area contributed by atoms with Gasteiger partial charge in [-0.2, -0.15) is 13.2 Å². The highest BCUT2D eigenvalue weighted by atomic mass is 19.4. The van der Waals surface area contributed by atoms with Crippen LogP contribution in [0.25, 0.3) is 0 Å². The molecule has 17 heavy (non-hydrogen) atoms. The van der Waals surface area contributed by atoms with E-state index in [-0.39, 0.29) is 12.5 Å². The van der Waals surface area contributed by atoms with Crippen LogP contribution in [-0.2, 0) is 4.79 Å². The van der Waals surface area contributed by atoms with Gasteiger partial charge in [-0.1, -0.05) is 13.3 Å². The molecule has 1 N–H and O–H groups in total. The molecule has 1 aliphatic heterocycles. The van der Waals surface area contributed by atoms with Crippen LogP contribution in [0.2, 0.25) is 0 Å². The molecule has 0 aromatic rings. The fourth-order valence-corrected chi connectivity index (χ4v) is 2.01. The van der Waals surface area contributed by atoms with E-state index >= 15 is 0 Å². The molecule has 0 atom stereocenters. The summed E-state index contributed by atoms with van der Waals surface area (Å²) in [4.78, 5) is 13.2. The third kappa shape index (κ3) is 5.39. The summed E-state index contributed by atoms with van der Waals surface area (Å²) >= 11 is 0. The van der Waals surface area contributed by atoms with Gasteiger partial charge < -0.3 is 10.2 Å². The van der Waals surface area contributed by atoms with E-state index in [1.54, 1.807) is 4.90 Å². The smallest absolute Gasteiger partial charge is 0.342 e. The highest BCUT2D eigenvalue weighted by Crippen LogP contribution is 2.19. The lowest BCUT2D eigenvalue weighted by Crippen LogP contribution is -2.44. The van der Waals surface area contributed by atoms with Crippen molar-refractivity contribution in [1.29, 1.82) is 0 Å². The molecule has 1 aliphatic rings. The maximum Gasteiger partial charge on any atom is 0.401 e. The molecule has 0 radical (unpaired) electrons. The molecule has 0 aliphatic carbocycles. The molecule has 0 spiro atoms. The first-order chi connectivity index (χ1) is 7.92. The number of hydrogen-bond donors (Lipinski definition) is 1. The third-order valence-corrected chi connectivity index (χ3v) is 3.15. The molecule has 3 nitrogen and oxygen atoms in total. The summed E-state index contributed by atoms with van der Waals surface area (Å²) < 4.78 is 35.6. The number of amides is 1. The van der Waals surface area contributed by atoms with E-state index in [0.717, 1.165) is 19.3 Å². The quantitative estimate of drug-likeness (QED) is 0.827. The largest absolute Gasteiger partial charge is 0.401 e. The van der Waals surface area contributed by atoms with Crippen LogP contribution < -0.4 is 5.32 Å². The summed E-state index contributed by atoms with van der Waals surface area (Å²) in [7, 11) is 0. The molecular weight excluding hydrogens is 233 g/mol. The number of likely N-dealkylation sites (tertiary alicyclic amines) is 1. The van der Waals surface area contributed by atoms with Crippen molar-refractivity contribution < 1.29 is 18.0 Å². The van der Waals surface area contributed by atoms with Gasteiger partial charge in [0.25, 0.3) is 0 Å². The molecule has 1 heterocycles. The maximum atomic E-state index is 11.9. The number of piperidine rings is 1. The molecule has 1 fully saturated rings. The van der Waals surface area contributed by atoms with Crippen molar-refractivity contribution in [3.63, 3.8) is 0 Å². The fourth-order valence-electron chi connectivity index (χ4n) is 2.01. The monoisotopic (exact) mass is 252 g/mol. The molecule has 0 aromatic heterocycles. The van der Waals surface area contributed by atoms with Gasteiger partial charge in [0.1, 0.15) is 0 Å². The van der Waals surface area contributed by atoms with E-state index in [1.807, 2.05) is 0 Å². The van der Waals surface area contributed by atoms with Crippen LogP contribution in [0.4, 0.5) is 13.2 Å². The van der Waals surface area contributed by atoms with E-state index in [2.05, 4.69) is 12.2 Å². The van der Waals surface area contributed by atoms with E-state index < -0.39 is 12.7 Å². The van der Waals surface area contributed by atoms with E-state index in [9.17, 15) is 18.0 Å². The Morgan fingerprint density at radius 3 is 2.41 bits per heavy atom. The first-order valence-corrected chi connectivity index (χ1v) is 5.97. The fraction of sp³-hybridized carbons (Fsp3) is 0.909. The average molecular weight is 252 g/mol. The molecule has 1 saturated heterocycles. The number of nitrogens with one attached hydrogen (secondary N) is 1. The standard InChI is InChI=1S/C11H19F3N2O/c1-2-9-3-5-16(6-4-9)10(17)7-15-8-11(12,13)14/h9,15H,2-8H2,1H3. The predicted molar refractivity (Wildman–Crippen MR) is 58.5 cm³/mol. The lowest BCUT2D eigenvalue weighted by atomic mass is 9.94. The molecule has 0 unspecified atom stereocenters. The van der Waals surface area contributed by atoms with Gasteiger partial charge in [0.05, 0.1) is 13.1 Å². The Balaban J connectivity index is 2.21. The summed E-state index contributed by atoms with van der Waals surface area (Å²) in [6.07, 6.45) is -1.23. The van der Waals surface area contributed by atoms with Gasteiger partial charge in [0.15, 0.2) is 0 Å². The second kappa shape index (κ2) is 6.23. The number of nitrogens with zero attached hydrogens (tertiary/aromatic N) is 1. The second-order valence-electron chi connectivity index (χ2n) is 4.45. The van der Waals surface area contributed by atoms with E-state index in [0.29, 0.717) is 19.0 Å². The zero-order valence-electron chi connectivity index (χ0n) is 10.0. The van der Waals surface area contributed by atoms with Crippen molar-refractivity contribution >= 4 is 5.91 Å². The van der Waals surface area contributed by atoms with Crippen LogP contribution in [0.5, 0.6) is 0 Å². The van der Waals surface area contributed by atoms with E-state index in [1.165, 1.54) is 0 Å². The minimum Gasteiger partial charge on any atom is -0.342 e. The third-order valence-electron chi connectivity index (χ3n) is 3.15. The summed E-state index contributed by atoms with van der Waals surface area (Å²) in [5.41, 5.74) is 0. The second-order valence-corrected chi connectivity index (χ2v) is 4.45. The Bertz CT molecular complexity index is 248. The van der Waals surface area contributed by atoms with Gasteiger partial charge >= 0.3 is 6.18 Å². The number of hydrogen-bond acceptors (Lipinski definition) is 2. The van der Waals surface area contributed by atoms with Crippen LogP contribution >= 0.6 is 0 Å². The van der Waals surface area contributed by atoms with Crippen LogP contribution in [0.15, 0.2) is 0 Å². The Kier molecular flexibility index (Phi) is 5.24.